The Morgan fingerprint density at radius 3 is 2.72 bits per heavy atom. The van der Waals surface area contributed by atoms with Crippen molar-refractivity contribution in [2.24, 2.45) is 5.92 Å². The average molecular weight is 337 g/mol. The molecule has 132 valence electrons. The van der Waals surface area contributed by atoms with Crippen molar-refractivity contribution < 1.29 is 0 Å². The quantitative estimate of drug-likeness (QED) is 0.782. The third kappa shape index (κ3) is 3.93. The van der Waals surface area contributed by atoms with Crippen LogP contribution in [0.3, 0.4) is 0 Å². The van der Waals surface area contributed by atoms with E-state index >= 15 is 0 Å². The molecule has 4 rings (SSSR count). The summed E-state index contributed by atoms with van der Waals surface area (Å²) in [4.78, 5) is 9.16. The van der Waals surface area contributed by atoms with Crippen LogP contribution in [0.2, 0.25) is 0 Å². The second-order valence-corrected chi connectivity index (χ2v) is 7.36. The molecule has 0 radical (unpaired) electrons. The molecule has 1 aliphatic heterocycles. The lowest BCUT2D eigenvalue weighted by atomic mass is 9.94. The van der Waals surface area contributed by atoms with E-state index in [0.29, 0.717) is 11.7 Å². The number of piperidine rings is 1. The highest BCUT2D eigenvalue weighted by Crippen LogP contribution is 2.26. The van der Waals surface area contributed by atoms with Crippen molar-refractivity contribution in [2.45, 2.75) is 44.6 Å². The van der Waals surface area contributed by atoms with E-state index < -0.39 is 0 Å². The van der Waals surface area contributed by atoms with Crippen molar-refractivity contribution in [2.75, 3.05) is 24.1 Å². The number of anilines is 2. The Morgan fingerprint density at radius 1 is 1.20 bits per heavy atom. The maximum absolute atomic E-state index is 6.11. The number of nitrogens with zero attached hydrogens (tertiary/aromatic N) is 2. The maximum atomic E-state index is 6.11. The van der Waals surface area contributed by atoms with Crippen molar-refractivity contribution in [3.8, 4) is 0 Å². The number of nitrogens with two attached hydrogens (primary N) is 1. The van der Waals surface area contributed by atoms with Gasteiger partial charge in [0.1, 0.15) is 5.82 Å². The number of aryl methyl sites for hydroxylation is 1. The zero-order valence-electron chi connectivity index (χ0n) is 14.7. The van der Waals surface area contributed by atoms with Gasteiger partial charge in [-0.2, -0.15) is 0 Å². The third-order valence-electron chi connectivity index (χ3n) is 5.43. The van der Waals surface area contributed by atoms with Gasteiger partial charge in [0.15, 0.2) is 5.82 Å². The van der Waals surface area contributed by atoms with Gasteiger partial charge < -0.3 is 16.4 Å². The average Bonchev–Trinajstić information content (AvgIpc) is 3.05. The Balaban J connectivity index is 1.38. The summed E-state index contributed by atoms with van der Waals surface area (Å²) in [6.07, 6.45) is 8.48. The van der Waals surface area contributed by atoms with Gasteiger partial charge in [-0.3, -0.25) is 0 Å². The van der Waals surface area contributed by atoms with Gasteiger partial charge in [0.25, 0.3) is 0 Å². The van der Waals surface area contributed by atoms with Crippen LogP contribution < -0.4 is 16.4 Å². The van der Waals surface area contributed by atoms with Crippen LogP contribution in [-0.2, 0) is 19.3 Å². The molecule has 1 aliphatic carbocycles. The molecule has 5 nitrogen and oxygen atoms in total. The lowest BCUT2D eigenvalue weighted by molar-refractivity contribution is 0.356. The zero-order valence-corrected chi connectivity index (χ0v) is 14.7. The van der Waals surface area contributed by atoms with Crippen molar-refractivity contribution in [3.63, 3.8) is 0 Å². The van der Waals surface area contributed by atoms with Crippen molar-refractivity contribution in [3.05, 3.63) is 47.4 Å². The van der Waals surface area contributed by atoms with Crippen LogP contribution in [-0.4, -0.2) is 29.1 Å². The van der Waals surface area contributed by atoms with E-state index in [1.165, 1.54) is 24.0 Å². The van der Waals surface area contributed by atoms with E-state index in [1.54, 1.807) is 6.20 Å². The monoisotopic (exact) mass is 337 g/mol. The SMILES string of the molecule is Nc1cnc(CC[C@@H]2CCCNC2)nc1NC1Cc2ccccc2C1. The van der Waals surface area contributed by atoms with Gasteiger partial charge in [0.05, 0.1) is 11.9 Å². The lowest BCUT2D eigenvalue weighted by Gasteiger charge is -2.22. The summed E-state index contributed by atoms with van der Waals surface area (Å²) in [5, 5.41) is 7.02. The molecule has 1 atom stereocenters. The number of benzene rings is 1. The summed E-state index contributed by atoms with van der Waals surface area (Å²) in [7, 11) is 0. The van der Waals surface area contributed by atoms with Gasteiger partial charge in [0, 0.05) is 12.5 Å². The van der Waals surface area contributed by atoms with Crippen molar-refractivity contribution in [1.82, 2.24) is 15.3 Å². The van der Waals surface area contributed by atoms with Gasteiger partial charge >= 0.3 is 0 Å². The molecule has 0 saturated carbocycles. The second-order valence-electron chi connectivity index (χ2n) is 7.36. The van der Waals surface area contributed by atoms with E-state index in [9.17, 15) is 0 Å². The molecule has 0 unspecified atom stereocenters. The molecule has 1 fully saturated rings. The van der Waals surface area contributed by atoms with E-state index in [-0.39, 0.29) is 0 Å². The second kappa shape index (κ2) is 7.40. The fraction of sp³-hybridized carbons (Fsp3) is 0.500. The Kier molecular flexibility index (Phi) is 4.83. The minimum Gasteiger partial charge on any atom is -0.394 e. The third-order valence-corrected chi connectivity index (χ3v) is 5.43. The molecule has 1 aromatic carbocycles. The van der Waals surface area contributed by atoms with Gasteiger partial charge in [-0.1, -0.05) is 24.3 Å². The first-order valence-electron chi connectivity index (χ1n) is 9.43. The highest BCUT2D eigenvalue weighted by Gasteiger charge is 2.22. The Morgan fingerprint density at radius 2 is 2.00 bits per heavy atom. The molecule has 1 saturated heterocycles. The van der Waals surface area contributed by atoms with Crippen LogP contribution in [0, 0.1) is 5.92 Å². The number of hydrogen-bond acceptors (Lipinski definition) is 5. The predicted octanol–water partition coefficient (Wildman–Crippen LogP) is 2.57. The number of aromatic nitrogens is 2. The molecule has 0 bridgehead atoms. The molecule has 4 N–H and O–H groups in total. The maximum Gasteiger partial charge on any atom is 0.153 e. The van der Waals surface area contributed by atoms with Gasteiger partial charge in [-0.25, -0.2) is 9.97 Å². The number of nitrogen functional groups attached to an aromatic ring is 1. The molecule has 2 aliphatic rings. The summed E-state index contributed by atoms with van der Waals surface area (Å²) < 4.78 is 0. The first-order chi connectivity index (χ1) is 12.3. The smallest absolute Gasteiger partial charge is 0.153 e. The van der Waals surface area contributed by atoms with E-state index in [4.69, 9.17) is 10.7 Å². The largest absolute Gasteiger partial charge is 0.394 e. The molecule has 0 amide bonds. The number of rotatable bonds is 5. The summed E-state index contributed by atoms with van der Waals surface area (Å²) in [6.45, 7) is 2.28. The van der Waals surface area contributed by atoms with Crippen LogP contribution in [0.1, 0.15) is 36.2 Å². The van der Waals surface area contributed by atoms with E-state index in [2.05, 4.69) is 39.9 Å². The highest BCUT2D eigenvalue weighted by atomic mass is 15.1. The highest BCUT2D eigenvalue weighted by molar-refractivity contribution is 5.60. The normalized spacial score (nSPS) is 20.4. The molecule has 1 aromatic heterocycles. The minimum atomic E-state index is 0.366. The Hall–Kier alpha value is -2.14. The first-order valence-corrected chi connectivity index (χ1v) is 9.43. The molecule has 2 aromatic rings. The van der Waals surface area contributed by atoms with E-state index in [0.717, 1.165) is 56.3 Å². The fourth-order valence-electron chi connectivity index (χ4n) is 4.02. The van der Waals surface area contributed by atoms with Crippen molar-refractivity contribution in [1.29, 1.82) is 0 Å². The summed E-state index contributed by atoms with van der Waals surface area (Å²) in [6, 6.07) is 9.01. The Bertz CT molecular complexity index is 699. The van der Waals surface area contributed by atoms with Gasteiger partial charge in [-0.05, 0) is 62.2 Å². The molecule has 0 spiro atoms. The van der Waals surface area contributed by atoms with Crippen LogP contribution in [0.15, 0.2) is 30.5 Å². The minimum absolute atomic E-state index is 0.366. The number of hydrogen-bond donors (Lipinski definition) is 3. The molecule has 5 heteroatoms. The summed E-state index contributed by atoms with van der Waals surface area (Å²) in [5.74, 6) is 2.44. The first kappa shape index (κ1) is 16.3. The van der Waals surface area contributed by atoms with Crippen molar-refractivity contribution >= 4 is 11.5 Å². The summed E-state index contributed by atoms with van der Waals surface area (Å²) >= 11 is 0. The molecular weight excluding hydrogens is 310 g/mol. The number of nitrogens with one attached hydrogen (secondary N) is 2. The lowest BCUT2D eigenvalue weighted by Crippen LogP contribution is -2.30. The molecule has 2 heterocycles. The van der Waals surface area contributed by atoms with Gasteiger partial charge in [0.2, 0.25) is 0 Å². The van der Waals surface area contributed by atoms with E-state index in [1.807, 2.05) is 0 Å². The predicted molar refractivity (Wildman–Crippen MR) is 102 cm³/mol. The fourth-order valence-corrected chi connectivity index (χ4v) is 4.02. The molecular formula is C20H27N5. The molecule has 25 heavy (non-hydrogen) atoms. The zero-order chi connectivity index (χ0) is 17.1. The Labute approximate surface area is 149 Å². The summed E-state index contributed by atoms with van der Waals surface area (Å²) in [5.41, 5.74) is 9.61. The van der Waals surface area contributed by atoms with Crippen LogP contribution in [0.5, 0.6) is 0 Å². The van der Waals surface area contributed by atoms with Crippen LogP contribution >= 0.6 is 0 Å². The van der Waals surface area contributed by atoms with Gasteiger partial charge in [-0.15, -0.1) is 0 Å². The van der Waals surface area contributed by atoms with Crippen LogP contribution in [0.25, 0.3) is 0 Å². The topological polar surface area (TPSA) is 75.9 Å². The van der Waals surface area contributed by atoms with Crippen LogP contribution in [0.4, 0.5) is 11.5 Å². The number of fused-ring (bicyclic) bond motifs is 1. The standard InChI is InChI=1S/C20H27N5/c21-18-13-23-19(8-7-14-4-3-9-22-12-14)25-20(18)24-17-10-15-5-1-2-6-16(15)11-17/h1-2,5-6,13-14,17,22H,3-4,7-12,21H2,(H,23,24,25)/t14-/m0/s1.